The van der Waals surface area contributed by atoms with Crippen molar-refractivity contribution in [2.45, 2.75) is 64.2 Å². The molecule has 0 saturated heterocycles. The van der Waals surface area contributed by atoms with E-state index in [4.69, 9.17) is 4.74 Å². The fourth-order valence-corrected chi connectivity index (χ4v) is 3.58. The molecule has 2 nitrogen and oxygen atoms in total. The van der Waals surface area contributed by atoms with Crippen LogP contribution >= 0.6 is 11.8 Å². The molecule has 27 heavy (non-hydrogen) atoms. The summed E-state index contributed by atoms with van der Waals surface area (Å²) in [5, 5.41) is 4.16. The zero-order valence-electron chi connectivity index (χ0n) is 17.7. The lowest BCUT2D eigenvalue weighted by atomic mass is 9.83. The van der Waals surface area contributed by atoms with E-state index in [1.165, 1.54) is 11.1 Å². The van der Waals surface area contributed by atoms with Crippen LogP contribution in [0.25, 0.3) is 0 Å². The van der Waals surface area contributed by atoms with Crippen LogP contribution in [0.1, 0.15) is 52.7 Å². The van der Waals surface area contributed by atoms with Crippen LogP contribution < -0.4 is 10.1 Å². The van der Waals surface area contributed by atoms with E-state index in [0.717, 1.165) is 18.7 Å². The molecule has 2 aromatic carbocycles. The molecule has 0 aliphatic carbocycles. The molecule has 0 amide bonds. The van der Waals surface area contributed by atoms with Gasteiger partial charge in [-0.2, -0.15) is 0 Å². The van der Waals surface area contributed by atoms with E-state index in [0.29, 0.717) is 11.2 Å². The highest BCUT2D eigenvalue weighted by Crippen LogP contribution is 2.26. The summed E-state index contributed by atoms with van der Waals surface area (Å²) in [7, 11) is 0. The van der Waals surface area contributed by atoms with Crippen LogP contribution in [0.4, 0.5) is 0 Å². The number of benzene rings is 2. The number of para-hydroxylation sites is 1. The van der Waals surface area contributed by atoms with Gasteiger partial charge in [-0.1, -0.05) is 63.2 Å². The molecule has 1 N–H and O–H groups in total. The quantitative estimate of drug-likeness (QED) is 0.531. The van der Waals surface area contributed by atoms with Crippen molar-refractivity contribution in [1.29, 1.82) is 0 Å². The molecular weight excluding hydrogens is 350 g/mol. The van der Waals surface area contributed by atoms with Gasteiger partial charge in [0.2, 0.25) is 0 Å². The molecule has 2 aromatic rings. The molecule has 0 saturated carbocycles. The molecule has 0 aliphatic heterocycles. The average molecular weight is 386 g/mol. The molecule has 3 heteroatoms. The third kappa shape index (κ3) is 7.98. The minimum Gasteiger partial charge on any atom is -0.483 e. The number of hydrogen-bond donors (Lipinski definition) is 1. The van der Waals surface area contributed by atoms with Gasteiger partial charge in [0, 0.05) is 22.7 Å². The third-order valence-corrected chi connectivity index (χ3v) is 5.60. The number of nitrogens with one attached hydrogen (secondary N) is 1. The lowest BCUT2D eigenvalue weighted by Crippen LogP contribution is -2.43. The Labute approximate surface area is 170 Å². The first-order chi connectivity index (χ1) is 12.7. The molecule has 0 heterocycles. The molecule has 0 aromatic heterocycles. The molecule has 1 unspecified atom stereocenters. The van der Waals surface area contributed by atoms with Gasteiger partial charge in [-0.15, -0.1) is 11.8 Å². The largest absolute Gasteiger partial charge is 0.483 e. The summed E-state index contributed by atoms with van der Waals surface area (Å²) in [6.07, 6.45) is 1.05. The fraction of sp³-hybridized carbons (Fsp3) is 0.500. The summed E-state index contributed by atoms with van der Waals surface area (Å²) in [4.78, 5) is 0. The van der Waals surface area contributed by atoms with Crippen LogP contribution in [0.3, 0.4) is 0 Å². The zero-order valence-corrected chi connectivity index (χ0v) is 18.5. The average Bonchev–Trinajstić information content (AvgIpc) is 2.61. The molecule has 0 radical (unpaired) electrons. The molecule has 0 fully saturated rings. The van der Waals surface area contributed by atoms with Crippen molar-refractivity contribution in [3.8, 4) is 5.75 Å². The smallest absolute Gasteiger partial charge is 0.134 e. The normalized spacial score (nSPS) is 13.4. The van der Waals surface area contributed by atoms with Crippen LogP contribution in [0.15, 0.2) is 54.6 Å². The number of thioether (sulfide) groups is 1. The van der Waals surface area contributed by atoms with Gasteiger partial charge >= 0.3 is 0 Å². The monoisotopic (exact) mass is 385 g/mol. The van der Waals surface area contributed by atoms with Gasteiger partial charge in [0.15, 0.2) is 0 Å². The lowest BCUT2D eigenvalue weighted by Gasteiger charge is -2.31. The van der Waals surface area contributed by atoms with E-state index >= 15 is 0 Å². The van der Waals surface area contributed by atoms with Crippen molar-refractivity contribution in [1.82, 2.24) is 5.32 Å². The summed E-state index contributed by atoms with van der Waals surface area (Å²) in [6.45, 7) is 14.5. The van der Waals surface area contributed by atoms with Crippen molar-refractivity contribution < 1.29 is 4.74 Å². The van der Waals surface area contributed by atoms with E-state index in [-0.39, 0.29) is 11.0 Å². The van der Waals surface area contributed by atoms with Crippen LogP contribution in [-0.4, -0.2) is 23.3 Å². The van der Waals surface area contributed by atoms with Crippen LogP contribution in [0.2, 0.25) is 0 Å². The molecule has 0 spiro atoms. The summed E-state index contributed by atoms with van der Waals surface area (Å²) in [6, 6.07) is 19.1. The SMILES string of the molecule is CC(Cc1cccc(C(C)(C)CNC(C)(C)C)c1)SCOc1ccccc1. The maximum Gasteiger partial charge on any atom is 0.134 e. The van der Waals surface area contributed by atoms with E-state index in [2.05, 4.69) is 71.1 Å². The van der Waals surface area contributed by atoms with Crippen LogP contribution in [0, 0.1) is 0 Å². The van der Waals surface area contributed by atoms with Crippen LogP contribution in [-0.2, 0) is 11.8 Å². The van der Waals surface area contributed by atoms with Crippen molar-refractivity contribution in [2.24, 2.45) is 0 Å². The number of ether oxygens (including phenoxy) is 1. The fourth-order valence-electron chi connectivity index (χ4n) is 2.83. The second-order valence-corrected chi connectivity index (χ2v) is 10.3. The lowest BCUT2D eigenvalue weighted by molar-refractivity contribution is 0.363. The minimum absolute atomic E-state index is 0.107. The standard InChI is InChI=1S/C24H35NOS/c1-19(27-18-26-22-13-8-7-9-14-22)15-20-11-10-12-21(16-20)24(5,6)17-25-23(2,3)4/h7-14,16,19,25H,15,17-18H2,1-6H3. The molecule has 2 rings (SSSR count). The predicted octanol–water partition coefficient (Wildman–Crippen LogP) is 6.05. The van der Waals surface area contributed by atoms with Gasteiger partial charge in [0.1, 0.15) is 11.7 Å². The Kier molecular flexibility index (Phi) is 7.81. The van der Waals surface area contributed by atoms with Gasteiger partial charge in [0.25, 0.3) is 0 Å². The van der Waals surface area contributed by atoms with Gasteiger partial charge in [-0.05, 0) is 50.5 Å². The van der Waals surface area contributed by atoms with E-state index in [1.54, 1.807) is 0 Å². The minimum atomic E-state index is 0.107. The zero-order chi connectivity index (χ0) is 19.9. The summed E-state index contributed by atoms with van der Waals surface area (Å²) in [5.74, 6) is 1.62. The molecular formula is C24H35NOS. The first kappa shape index (κ1) is 21.8. The van der Waals surface area contributed by atoms with Gasteiger partial charge in [-0.25, -0.2) is 0 Å². The predicted molar refractivity (Wildman–Crippen MR) is 120 cm³/mol. The van der Waals surface area contributed by atoms with E-state index < -0.39 is 0 Å². The third-order valence-electron chi connectivity index (χ3n) is 4.61. The first-order valence-corrected chi connectivity index (χ1v) is 10.8. The first-order valence-electron chi connectivity index (χ1n) is 9.80. The van der Waals surface area contributed by atoms with Crippen molar-refractivity contribution in [2.75, 3.05) is 12.5 Å². The van der Waals surface area contributed by atoms with Crippen LogP contribution in [0.5, 0.6) is 5.75 Å². The Morgan fingerprint density at radius 1 is 0.963 bits per heavy atom. The van der Waals surface area contributed by atoms with Crippen molar-refractivity contribution in [3.05, 3.63) is 65.7 Å². The highest BCUT2D eigenvalue weighted by atomic mass is 32.2. The number of rotatable bonds is 9. The summed E-state index contributed by atoms with van der Waals surface area (Å²) in [5.41, 5.74) is 3.04. The number of hydrogen-bond acceptors (Lipinski definition) is 3. The second-order valence-electron chi connectivity index (χ2n) is 8.94. The Morgan fingerprint density at radius 2 is 1.67 bits per heavy atom. The van der Waals surface area contributed by atoms with Gasteiger partial charge in [-0.3, -0.25) is 0 Å². The highest BCUT2D eigenvalue weighted by Gasteiger charge is 2.23. The Bertz CT molecular complexity index is 691. The van der Waals surface area contributed by atoms with E-state index in [1.807, 2.05) is 42.1 Å². The highest BCUT2D eigenvalue weighted by molar-refractivity contribution is 7.99. The molecule has 1 atom stereocenters. The second kappa shape index (κ2) is 9.66. The maximum atomic E-state index is 5.81. The van der Waals surface area contributed by atoms with Gasteiger partial charge < -0.3 is 10.1 Å². The van der Waals surface area contributed by atoms with Crippen molar-refractivity contribution >= 4 is 11.8 Å². The topological polar surface area (TPSA) is 21.3 Å². The summed E-state index contributed by atoms with van der Waals surface area (Å²) < 4.78 is 5.81. The van der Waals surface area contributed by atoms with E-state index in [9.17, 15) is 0 Å². The van der Waals surface area contributed by atoms with Gasteiger partial charge in [0.05, 0.1) is 0 Å². The Balaban J connectivity index is 1.88. The molecule has 0 bridgehead atoms. The maximum absolute atomic E-state index is 5.81. The molecule has 0 aliphatic rings. The molecule has 148 valence electrons. The van der Waals surface area contributed by atoms with Crippen molar-refractivity contribution in [3.63, 3.8) is 0 Å². The summed E-state index contributed by atoms with van der Waals surface area (Å²) >= 11 is 1.86. The Morgan fingerprint density at radius 3 is 2.33 bits per heavy atom. The Hall–Kier alpha value is -1.45.